The van der Waals surface area contributed by atoms with Crippen LogP contribution in [-0.2, 0) is 6.42 Å². The maximum Gasteiger partial charge on any atom is 0.0644 e. The Morgan fingerprint density at radius 1 is 1.29 bits per heavy atom. The summed E-state index contributed by atoms with van der Waals surface area (Å²) in [5, 5.41) is 4.66. The molecule has 0 aliphatic carbocycles. The summed E-state index contributed by atoms with van der Waals surface area (Å²) in [6.45, 7) is 8.59. The van der Waals surface area contributed by atoms with Crippen LogP contribution in [0.5, 0.6) is 0 Å². The Labute approximate surface area is 127 Å². The summed E-state index contributed by atoms with van der Waals surface area (Å²) in [5.41, 5.74) is 7.77. The summed E-state index contributed by atoms with van der Waals surface area (Å²) < 4.78 is 2.03. The smallest absolute Gasteiger partial charge is 0.0644 e. The lowest BCUT2D eigenvalue weighted by molar-refractivity contribution is 0.467. The van der Waals surface area contributed by atoms with Crippen LogP contribution >= 0.6 is 0 Å². The molecule has 0 fully saturated rings. The van der Waals surface area contributed by atoms with E-state index in [1.165, 1.54) is 16.7 Å². The molecule has 0 radical (unpaired) electrons. The molecule has 0 aliphatic heterocycles. The van der Waals surface area contributed by atoms with Gasteiger partial charge in [-0.25, -0.2) is 0 Å². The molecule has 2 unspecified atom stereocenters. The third-order valence-corrected chi connectivity index (χ3v) is 4.12. The molecule has 4 nitrogen and oxygen atoms in total. The van der Waals surface area contributed by atoms with Gasteiger partial charge in [0.1, 0.15) is 0 Å². The van der Waals surface area contributed by atoms with Crippen molar-refractivity contribution in [3.63, 3.8) is 0 Å². The van der Waals surface area contributed by atoms with Crippen LogP contribution in [0.1, 0.15) is 54.7 Å². The second kappa shape index (κ2) is 6.87. The molecule has 2 atom stereocenters. The number of nitrogens with zero attached hydrogens (tertiary/aromatic N) is 2. The van der Waals surface area contributed by atoms with E-state index in [1.807, 2.05) is 4.68 Å². The van der Waals surface area contributed by atoms with Gasteiger partial charge in [-0.05, 0) is 44.4 Å². The van der Waals surface area contributed by atoms with Crippen LogP contribution < -0.4 is 11.3 Å². The normalized spacial score (nSPS) is 14.1. The molecule has 3 N–H and O–H groups in total. The van der Waals surface area contributed by atoms with Gasteiger partial charge < -0.3 is 0 Å². The van der Waals surface area contributed by atoms with Crippen molar-refractivity contribution in [1.82, 2.24) is 15.2 Å². The zero-order valence-electron chi connectivity index (χ0n) is 13.4. The SMILES string of the molecule is CCC(C)n1ccc(CC(NN)c2ccc(C)cc2C)n1. The summed E-state index contributed by atoms with van der Waals surface area (Å²) in [6, 6.07) is 9.08. The highest BCUT2D eigenvalue weighted by Gasteiger charge is 2.15. The summed E-state index contributed by atoms with van der Waals surface area (Å²) in [7, 11) is 0. The predicted molar refractivity (Wildman–Crippen MR) is 86.9 cm³/mol. The lowest BCUT2D eigenvalue weighted by Crippen LogP contribution is -2.30. The monoisotopic (exact) mass is 286 g/mol. The molecule has 21 heavy (non-hydrogen) atoms. The highest BCUT2D eigenvalue weighted by Crippen LogP contribution is 2.22. The van der Waals surface area contributed by atoms with E-state index in [2.05, 4.69) is 68.7 Å². The van der Waals surface area contributed by atoms with Crippen molar-refractivity contribution in [3.05, 3.63) is 52.8 Å². The van der Waals surface area contributed by atoms with E-state index < -0.39 is 0 Å². The molecule has 0 saturated heterocycles. The molecular formula is C17H26N4. The van der Waals surface area contributed by atoms with Crippen molar-refractivity contribution in [1.29, 1.82) is 0 Å². The van der Waals surface area contributed by atoms with Crippen LogP contribution in [0.25, 0.3) is 0 Å². The van der Waals surface area contributed by atoms with Gasteiger partial charge in [0.15, 0.2) is 0 Å². The Morgan fingerprint density at radius 2 is 2.05 bits per heavy atom. The molecule has 1 aromatic carbocycles. The molecule has 1 heterocycles. The van der Waals surface area contributed by atoms with Crippen LogP contribution in [0, 0.1) is 13.8 Å². The van der Waals surface area contributed by atoms with Crippen molar-refractivity contribution >= 4 is 0 Å². The first-order chi connectivity index (χ1) is 10.0. The highest BCUT2D eigenvalue weighted by atomic mass is 15.3. The van der Waals surface area contributed by atoms with Crippen molar-refractivity contribution in [2.75, 3.05) is 0 Å². The highest BCUT2D eigenvalue weighted by molar-refractivity contribution is 5.33. The Kier molecular flexibility index (Phi) is 5.15. The molecule has 1 aromatic heterocycles. The Bertz CT molecular complexity index is 588. The fraction of sp³-hybridized carbons (Fsp3) is 0.471. The summed E-state index contributed by atoms with van der Waals surface area (Å²) in [6.07, 6.45) is 3.93. The average molecular weight is 286 g/mol. The number of benzene rings is 1. The molecule has 4 heteroatoms. The van der Waals surface area contributed by atoms with Crippen LogP contribution in [0.3, 0.4) is 0 Å². The topological polar surface area (TPSA) is 55.9 Å². The van der Waals surface area contributed by atoms with Crippen LogP contribution in [0.4, 0.5) is 0 Å². The molecule has 2 aromatic rings. The molecule has 2 rings (SSSR count). The second-order valence-electron chi connectivity index (χ2n) is 5.83. The number of hydrogen-bond acceptors (Lipinski definition) is 3. The van der Waals surface area contributed by atoms with E-state index in [-0.39, 0.29) is 6.04 Å². The zero-order valence-corrected chi connectivity index (χ0v) is 13.4. The Balaban J connectivity index is 2.17. The fourth-order valence-electron chi connectivity index (χ4n) is 2.60. The van der Waals surface area contributed by atoms with E-state index >= 15 is 0 Å². The minimum absolute atomic E-state index is 0.0888. The van der Waals surface area contributed by atoms with E-state index in [0.717, 1.165) is 18.5 Å². The minimum Gasteiger partial charge on any atom is -0.271 e. The van der Waals surface area contributed by atoms with Gasteiger partial charge in [-0.15, -0.1) is 0 Å². The van der Waals surface area contributed by atoms with Crippen LogP contribution in [-0.4, -0.2) is 9.78 Å². The van der Waals surface area contributed by atoms with Gasteiger partial charge in [0, 0.05) is 18.7 Å². The summed E-state index contributed by atoms with van der Waals surface area (Å²) >= 11 is 0. The first-order valence-corrected chi connectivity index (χ1v) is 7.62. The number of aromatic nitrogens is 2. The van der Waals surface area contributed by atoms with Gasteiger partial charge in [0.2, 0.25) is 0 Å². The second-order valence-corrected chi connectivity index (χ2v) is 5.83. The lowest BCUT2D eigenvalue weighted by Gasteiger charge is -2.18. The van der Waals surface area contributed by atoms with Crippen molar-refractivity contribution in [3.8, 4) is 0 Å². The molecular weight excluding hydrogens is 260 g/mol. The van der Waals surface area contributed by atoms with Crippen LogP contribution in [0.15, 0.2) is 30.5 Å². The maximum absolute atomic E-state index is 5.77. The zero-order chi connectivity index (χ0) is 15.4. The average Bonchev–Trinajstić information content (AvgIpc) is 2.93. The minimum atomic E-state index is 0.0888. The number of nitrogens with one attached hydrogen (secondary N) is 1. The van der Waals surface area contributed by atoms with Crippen molar-refractivity contribution in [2.24, 2.45) is 5.84 Å². The van der Waals surface area contributed by atoms with Gasteiger partial charge in [-0.2, -0.15) is 5.10 Å². The summed E-state index contributed by atoms with van der Waals surface area (Å²) in [5.74, 6) is 5.77. The van der Waals surface area contributed by atoms with Gasteiger partial charge in [-0.3, -0.25) is 16.0 Å². The van der Waals surface area contributed by atoms with Crippen LogP contribution in [0.2, 0.25) is 0 Å². The first kappa shape index (κ1) is 15.7. The molecule has 0 amide bonds. The van der Waals surface area contributed by atoms with Crippen molar-refractivity contribution in [2.45, 2.75) is 52.6 Å². The van der Waals surface area contributed by atoms with Gasteiger partial charge in [0.25, 0.3) is 0 Å². The van der Waals surface area contributed by atoms with Gasteiger partial charge in [-0.1, -0.05) is 30.7 Å². The Morgan fingerprint density at radius 3 is 2.67 bits per heavy atom. The molecule has 0 bridgehead atoms. The summed E-state index contributed by atoms with van der Waals surface area (Å²) in [4.78, 5) is 0. The maximum atomic E-state index is 5.77. The fourth-order valence-corrected chi connectivity index (χ4v) is 2.60. The molecule has 114 valence electrons. The quantitative estimate of drug-likeness (QED) is 0.633. The van der Waals surface area contributed by atoms with Crippen molar-refractivity contribution < 1.29 is 0 Å². The molecule has 0 saturated carbocycles. The molecule has 0 aliphatic rings. The third-order valence-electron chi connectivity index (χ3n) is 4.12. The van der Waals surface area contributed by atoms with Gasteiger partial charge in [0.05, 0.1) is 11.7 Å². The van der Waals surface area contributed by atoms with E-state index in [9.17, 15) is 0 Å². The van der Waals surface area contributed by atoms with E-state index in [1.54, 1.807) is 0 Å². The first-order valence-electron chi connectivity index (χ1n) is 7.62. The molecule has 0 spiro atoms. The number of hydrazine groups is 1. The Hall–Kier alpha value is -1.65. The number of nitrogens with two attached hydrogens (primary N) is 1. The standard InChI is InChI=1S/C17H26N4/c1-5-14(4)21-9-8-15(20-21)11-17(19-18)16-7-6-12(2)10-13(16)3/h6-10,14,17,19H,5,11,18H2,1-4H3. The number of aryl methyl sites for hydroxylation is 2. The van der Waals surface area contributed by atoms with E-state index in [0.29, 0.717) is 6.04 Å². The largest absolute Gasteiger partial charge is 0.271 e. The predicted octanol–water partition coefficient (Wildman–Crippen LogP) is 3.22. The number of hydrogen-bond donors (Lipinski definition) is 2. The van der Waals surface area contributed by atoms with E-state index in [4.69, 9.17) is 5.84 Å². The van der Waals surface area contributed by atoms with Gasteiger partial charge >= 0.3 is 0 Å². The number of rotatable bonds is 6. The lowest BCUT2D eigenvalue weighted by atomic mass is 9.96. The third kappa shape index (κ3) is 3.71.